The second-order valence-electron chi connectivity index (χ2n) is 11.2. The summed E-state index contributed by atoms with van der Waals surface area (Å²) in [5, 5.41) is 4.65. The van der Waals surface area contributed by atoms with Crippen LogP contribution in [-0.4, -0.2) is 57.5 Å². The van der Waals surface area contributed by atoms with Crippen molar-refractivity contribution < 1.29 is 14.3 Å². The molecule has 8 heteroatoms. The number of para-hydroxylation sites is 2. The molecule has 0 unspecified atom stereocenters. The average molecular weight is 553 g/mol. The fourth-order valence-electron chi connectivity index (χ4n) is 4.79. The molecule has 0 saturated carbocycles. The Morgan fingerprint density at radius 2 is 1.51 bits per heavy atom. The highest BCUT2D eigenvalue weighted by Gasteiger charge is 2.26. The molecule has 2 heterocycles. The van der Waals surface area contributed by atoms with Crippen molar-refractivity contribution in [2.75, 3.05) is 26.2 Å². The standard InChI is InChI=1S/C33H36N4O4/c1-33(2,3)41-32(39)37-20-18-36(19-21-37)23-24-14-16-25(17-15-24)28-22-30(38)35(4)34-31(28)27-12-8-9-13-29(27)40-26-10-6-5-7-11-26/h5-17,22H,18-21,23H2,1-4H3. The Kier molecular flexibility index (Phi) is 8.21. The van der Waals surface area contributed by atoms with Crippen LogP contribution in [0.5, 0.6) is 11.5 Å². The van der Waals surface area contributed by atoms with E-state index in [2.05, 4.69) is 22.1 Å². The Labute approximate surface area is 240 Å². The van der Waals surface area contributed by atoms with Crippen molar-refractivity contribution in [2.24, 2.45) is 7.05 Å². The molecule has 1 aromatic heterocycles. The summed E-state index contributed by atoms with van der Waals surface area (Å²) < 4.78 is 13.1. The number of ether oxygens (including phenoxy) is 2. The molecule has 1 aliphatic heterocycles. The van der Waals surface area contributed by atoms with Crippen molar-refractivity contribution in [3.05, 3.63) is 101 Å². The molecule has 5 rings (SSSR count). The van der Waals surface area contributed by atoms with E-state index in [1.54, 1.807) is 18.0 Å². The Morgan fingerprint density at radius 3 is 2.20 bits per heavy atom. The van der Waals surface area contributed by atoms with Gasteiger partial charge in [-0.25, -0.2) is 9.48 Å². The molecule has 0 N–H and O–H groups in total. The SMILES string of the molecule is Cn1nc(-c2ccccc2Oc2ccccc2)c(-c2ccc(CN3CCN(C(=O)OC(C)(C)C)CC3)cc2)cc1=O. The van der Waals surface area contributed by atoms with Crippen LogP contribution in [0.25, 0.3) is 22.4 Å². The van der Waals surface area contributed by atoms with Crippen molar-refractivity contribution in [3.8, 4) is 33.9 Å². The van der Waals surface area contributed by atoms with Crippen molar-refractivity contribution in [2.45, 2.75) is 32.9 Å². The highest BCUT2D eigenvalue weighted by molar-refractivity contribution is 5.83. The van der Waals surface area contributed by atoms with Gasteiger partial charge in [0.1, 0.15) is 22.8 Å². The van der Waals surface area contributed by atoms with Crippen LogP contribution >= 0.6 is 0 Å². The van der Waals surface area contributed by atoms with Crippen molar-refractivity contribution in [1.82, 2.24) is 19.6 Å². The Morgan fingerprint density at radius 1 is 0.854 bits per heavy atom. The molecule has 0 atom stereocenters. The maximum absolute atomic E-state index is 12.7. The van der Waals surface area contributed by atoms with Gasteiger partial charge in [-0.1, -0.05) is 54.6 Å². The normalized spacial score (nSPS) is 14.1. The van der Waals surface area contributed by atoms with Crippen LogP contribution in [0.2, 0.25) is 0 Å². The number of benzene rings is 3. The third kappa shape index (κ3) is 7.02. The Balaban J connectivity index is 1.34. The zero-order chi connectivity index (χ0) is 29.0. The van der Waals surface area contributed by atoms with Crippen LogP contribution in [0.15, 0.2) is 89.7 Å². The summed E-state index contributed by atoms with van der Waals surface area (Å²) >= 11 is 0. The van der Waals surface area contributed by atoms with Crippen LogP contribution in [0.1, 0.15) is 26.3 Å². The van der Waals surface area contributed by atoms with Crippen LogP contribution in [0.3, 0.4) is 0 Å². The van der Waals surface area contributed by atoms with E-state index in [1.807, 2.05) is 87.5 Å². The first kappa shape index (κ1) is 28.1. The van der Waals surface area contributed by atoms with E-state index in [4.69, 9.17) is 9.47 Å². The van der Waals surface area contributed by atoms with E-state index in [1.165, 1.54) is 4.68 Å². The highest BCUT2D eigenvalue weighted by atomic mass is 16.6. The largest absolute Gasteiger partial charge is 0.457 e. The zero-order valence-corrected chi connectivity index (χ0v) is 24.0. The second kappa shape index (κ2) is 12.0. The molecular weight excluding hydrogens is 516 g/mol. The third-order valence-corrected chi connectivity index (χ3v) is 6.90. The molecule has 1 aliphatic rings. The summed E-state index contributed by atoms with van der Waals surface area (Å²) in [7, 11) is 1.65. The van der Waals surface area contributed by atoms with Gasteiger partial charge in [-0.15, -0.1) is 0 Å². The van der Waals surface area contributed by atoms with Gasteiger partial charge < -0.3 is 14.4 Å². The minimum atomic E-state index is -0.495. The van der Waals surface area contributed by atoms with Gasteiger partial charge in [0, 0.05) is 57.0 Å². The topological polar surface area (TPSA) is 76.9 Å². The fourth-order valence-corrected chi connectivity index (χ4v) is 4.79. The van der Waals surface area contributed by atoms with Gasteiger partial charge in [-0.05, 0) is 56.2 Å². The second-order valence-corrected chi connectivity index (χ2v) is 11.2. The quantitative estimate of drug-likeness (QED) is 0.294. The summed E-state index contributed by atoms with van der Waals surface area (Å²) in [5.74, 6) is 1.39. The lowest BCUT2D eigenvalue weighted by atomic mass is 9.98. The van der Waals surface area contributed by atoms with Gasteiger partial charge in [0.05, 0.1) is 0 Å². The van der Waals surface area contributed by atoms with Crippen molar-refractivity contribution >= 4 is 6.09 Å². The van der Waals surface area contributed by atoms with E-state index >= 15 is 0 Å². The molecule has 0 spiro atoms. The number of aryl methyl sites for hydroxylation is 1. The molecular formula is C33H36N4O4. The minimum absolute atomic E-state index is 0.183. The molecule has 0 aliphatic carbocycles. The summed E-state index contributed by atoms with van der Waals surface area (Å²) in [6.07, 6.45) is -0.254. The monoisotopic (exact) mass is 552 g/mol. The van der Waals surface area contributed by atoms with Crippen LogP contribution < -0.4 is 10.3 Å². The first-order chi connectivity index (χ1) is 19.7. The molecule has 4 aromatic rings. The van der Waals surface area contributed by atoms with E-state index in [9.17, 15) is 9.59 Å². The van der Waals surface area contributed by atoms with Crippen LogP contribution in [0, 0.1) is 0 Å². The van der Waals surface area contributed by atoms with Gasteiger partial charge in [-0.2, -0.15) is 5.10 Å². The summed E-state index contributed by atoms with van der Waals surface area (Å²) in [5.41, 5.74) is 3.60. The first-order valence-corrected chi connectivity index (χ1v) is 13.9. The number of hydrogen-bond donors (Lipinski definition) is 0. The maximum Gasteiger partial charge on any atom is 0.410 e. The van der Waals surface area contributed by atoms with Gasteiger partial charge in [0.25, 0.3) is 5.56 Å². The lowest BCUT2D eigenvalue weighted by molar-refractivity contribution is 0.0139. The van der Waals surface area contributed by atoms with E-state index < -0.39 is 5.60 Å². The Hall–Kier alpha value is -4.43. The minimum Gasteiger partial charge on any atom is -0.457 e. The predicted octanol–water partition coefficient (Wildman–Crippen LogP) is 5.96. The zero-order valence-electron chi connectivity index (χ0n) is 24.0. The van der Waals surface area contributed by atoms with E-state index in [-0.39, 0.29) is 11.7 Å². The molecule has 212 valence electrons. The number of carbonyl (C=O) groups is 1. The van der Waals surface area contributed by atoms with Crippen LogP contribution in [0.4, 0.5) is 4.79 Å². The molecule has 0 radical (unpaired) electrons. The molecule has 0 bridgehead atoms. The summed E-state index contributed by atoms with van der Waals surface area (Å²) in [6.45, 7) is 9.26. The molecule has 1 saturated heterocycles. The smallest absolute Gasteiger partial charge is 0.410 e. The average Bonchev–Trinajstić information content (AvgIpc) is 2.95. The number of nitrogens with zero attached hydrogens (tertiary/aromatic N) is 4. The maximum atomic E-state index is 12.7. The summed E-state index contributed by atoms with van der Waals surface area (Å²) in [6, 6.07) is 27.2. The number of aromatic nitrogens is 2. The summed E-state index contributed by atoms with van der Waals surface area (Å²) in [4.78, 5) is 29.2. The molecule has 8 nitrogen and oxygen atoms in total. The van der Waals surface area contributed by atoms with Gasteiger partial charge in [-0.3, -0.25) is 9.69 Å². The number of amides is 1. The molecule has 41 heavy (non-hydrogen) atoms. The number of carbonyl (C=O) groups excluding carboxylic acids is 1. The molecule has 1 amide bonds. The van der Waals surface area contributed by atoms with Crippen molar-refractivity contribution in [3.63, 3.8) is 0 Å². The van der Waals surface area contributed by atoms with Gasteiger partial charge in [0.2, 0.25) is 0 Å². The van der Waals surface area contributed by atoms with Gasteiger partial charge in [0.15, 0.2) is 0 Å². The number of rotatable bonds is 6. The van der Waals surface area contributed by atoms with E-state index in [0.717, 1.165) is 47.6 Å². The van der Waals surface area contributed by atoms with E-state index in [0.29, 0.717) is 24.5 Å². The van der Waals surface area contributed by atoms with Gasteiger partial charge >= 0.3 is 6.09 Å². The van der Waals surface area contributed by atoms with Crippen LogP contribution in [-0.2, 0) is 18.3 Å². The van der Waals surface area contributed by atoms with Crippen molar-refractivity contribution in [1.29, 1.82) is 0 Å². The number of piperazine rings is 1. The third-order valence-electron chi connectivity index (χ3n) is 6.90. The Bertz CT molecular complexity index is 1550. The lowest BCUT2D eigenvalue weighted by Crippen LogP contribution is -2.49. The lowest BCUT2D eigenvalue weighted by Gasteiger charge is -2.35. The number of hydrogen-bond acceptors (Lipinski definition) is 6. The molecule has 1 fully saturated rings. The predicted molar refractivity (Wildman–Crippen MR) is 160 cm³/mol. The highest BCUT2D eigenvalue weighted by Crippen LogP contribution is 2.37. The molecule has 3 aromatic carbocycles. The first-order valence-electron chi connectivity index (χ1n) is 13.9. The fraction of sp³-hybridized carbons (Fsp3) is 0.303.